The minimum absolute atomic E-state index is 0.169. The van der Waals surface area contributed by atoms with E-state index < -0.39 is 0 Å². The Hall–Kier alpha value is -2.66. The van der Waals surface area contributed by atoms with E-state index in [0.29, 0.717) is 33.7 Å². The third kappa shape index (κ3) is 3.99. The first kappa shape index (κ1) is 20.6. The van der Waals surface area contributed by atoms with Crippen molar-refractivity contribution in [2.75, 3.05) is 13.1 Å². The van der Waals surface area contributed by atoms with Crippen molar-refractivity contribution in [2.45, 2.75) is 26.8 Å². The third-order valence-corrected chi connectivity index (χ3v) is 5.97. The maximum atomic E-state index is 13.5. The van der Waals surface area contributed by atoms with Gasteiger partial charge >= 0.3 is 0 Å². The molecule has 6 heteroatoms. The number of nitrogens with zero attached hydrogens (tertiary/aromatic N) is 2. The highest BCUT2D eigenvalue weighted by molar-refractivity contribution is 6.35. The van der Waals surface area contributed by atoms with Crippen molar-refractivity contribution < 1.29 is 14.0 Å². The molecule has 0 spiro atoms. The molecule has 2 atom stereocenters. The summed E-state index contributed by atoms with van der Waals surface area (Å²) in [6.45, 7) is 5.93. The molecular weight excluding hydrogens is 403 g/mol. The Morgan fingerprint density at radius 2 is 1.53 bits per heavy atom. The lowest BCUT2D eigenvalue weighted by Gasteiger charge is -2.37. The van der Waals surface area contributed by atoms with Gasteiger partial charge in [-0.25, -0.2) is 4.39 Å². The largest absolute Gasteiger partial charge is 0.366 e. The molecule has 2 aromatic rings. The number of hydrogen-bond donors (Lipinski definition) is 0. The molecule has 30 heavy (non-hydrogen) atoms. The SMILES string of the molecule is CC1CC(C)CN(C2=C(c3ccc(F)cc3)C(=O)N(Cc3ccc(Cl)cc3)C2=O)C1. The number of carbonyl (C=O) groups is 2. The molecule has 0 aromatic heterocycles. The zero-order valence-corrected chi connectivity index (χ0v) is 17.8. The molecule has 2 heterocycles. The second-order valence-electron chi connectivity index (χ2n) is 8.40. The Morgan fingerprint density at radius 3 is 2.13 bits per heavy atom. The van der Waals surface area contributed by atoms with Crippen LogP contribution in [0.25, 0.3) is 5.57 Å². The van der Waals surface area contributed by atoms with Gasteiger partial charge in [-0.05, 0) is 53.6 Å². The second kappa shape index (κ2) is 8.23. The van der Waals surface area contributed by atoms with Gasteiger partial charge in [0, 0.05) is 18.1 Å². The molecule has 2 aliphatic heterocycles. The van der Waals surface area contributed by atoms with Crippen molar-refractivity contribution in [3.05, 3.63) is 76.2 Å². The zero-order valence-electron chi connectivity index (χ0n) is 17.1. The van der Waals surface area contributed by atoms with Crippen LogP contribution < -0.4 is 0 Å². The van der Waals surface area contributed by atoms with E-state index in [1.54, 1.807) is 24.3 Å². The average molecular weight is 427 g/mol. The number of likely N-dealkylation sites (tertiary alicyclic amines) is 1. The summed E-state index contributed by atoms with van der Waals surface area (Å²) >= 11 is 5.96. The van der Waals surface area contributed by atoms with Gasteiger partial charge in [0.2, 0.25) is 0 Å². The molecule has 0 aliphatic carbocycles. The molecule has 4 nitrogen and oxygen atoms in total. The molecule has 0 N–H and O–H groups in total. The molecule has 1 fully saturated rings. The number of piperidine rings is 1. The molecule has 1 saturated heterocycles. The lowest BCUT2D eigenvalue weighted by atomic mass is 9.91. The van der Waals surface area contributed by atoms with Gasteiger partial charge in [0.25, 0.3) is 11.8 Å². The van der Waals surface area contributed by atoms with Crippen LogP contribution in [0.2, 0.25) is 5.02 Å². The molecular formula is C24H24ClFN2O2. The normalized spacial score (nSPS) is 22.3. The topological polar surface area (TPSA) is 40.6 Å². The number of hydrogen-bond acceptors (Lipinski definition) is 3. The molecule has 0 radical (unpaired) electrons. The van der Waals surface area contributed by atoms with E-state index in [-0.39, 0.29) is 24.2 Å². The van der Waals surface area contributed by atoms with Gasteiger partial charge in [-0.15, -0.1) is 0 Å². The predicted molar refractivity (Wildman–Crippen MR) is 115 cm³/mol. The van der Waals surface area contributed by atoms with Gasteiger partial charge in [0.1, 0.15) is 11.5 Å². The van der Waals surface area contributed by atoms with Crippen LogP contribution in [0, 0.1) is 17.7 Å². The van der Waals surface area contributed by atoms with Gasteiger partial charge in [-0.1, -0.05) is 49.7 Å². The van der Waals surface area contributed by atoms with Gasteiger partial charge in [-0.3, -0.25) is 14.5 Å². The van der Waals surface area contributed by atoms with Crippen LogP contribution in [0.1, 0.15) is 31.4 Å². The van der Waals surface area contributed by atoms with Crippen molar-refractivity contribution in [3.63, 3.8) is 0 Å². The van der Waals surface area contributed by atoms with E-state index in [1.165, 1.54) is 17.0 Å². The lowest BCUT2D eigenvalue weighted by Crippen LogP contribution is -2.41. The van der Waals surface area contributed by atoms with Crippen LogP contribution in [0.4, 0.5) is 4.39 Å². The van der Waals surface area contributed by atoms with E-state index in [4.69, 9.17) is 11.6 Å². The Kier molecular flexibility index (Phi) is 5.65. The fourth-order valence-electron chi connectivity index (χ4n) is 4.49. The Labute approximate surface area is 180 Å². The van der Waals surface area contributed by atoms with Gasteiger partial charge < -0.3 is 4.90 Å². The smallest absolute Gasteiger partial charge is 0.278 e. The van der Waals surface area contributed by atoms with E-state index in [9.17, 15) is 14.0 Å². The van der Waals surface area contributed by atoms with Crippen LogP contribution in [-0.2, 0) is 16.1 Å². The molecule has 2 amide bonds. The summed E-state index contributed by atoms with van der Waals surface area (Å²) in [6.07, 6.45) is 1.09. The fourth-order valence-corrected chi connectivity index (χ4v) is 4.62. The third-order valence-electron chi connectivity index (χ3n) is 5.72. The highest BCUT2D eigenvalue weighted by Crippen LogP contribution is 2.35. The standard InChI is InChI=1S/C24H24ClFN2O2/c1-15-11-16(2)13-27(12-15)22-21(18-5-9-20(26)10-6-18)23(29)28(24(22)30)14-17-3-7-19(25)8-4-17/h3-10,15-16H,11-14H2,1-2H3. The molecule has 2 aliphatic rings. The summed E-state index contributed by atoms with van der Waals surface area (Å²) in [5.41, 5.74) is 2.17. The van der Waals surface area contributed by atoms with Crippen molar-refractivity contribution in [1.82, 2.24) is 9.80 Å². The summed E-state index contributed by atoms with van der Waals surface area (Å²) in [5, 5.41) is 0.597. The van der Waals surface area contributed by atoms with Crippen LogP contribution in [0.15, 0.2) is 54.2 Å². The molecule has 156 valence electrons. The van der Waals surface area contributed by atoms with Gasteiger partial charge in [0.05, 0.1) is 12.1 Å². The predicted octanol–water partition coefficient (Wildman–Crippen LogP) is 4.74. The summed E-state index contributed by atoms with van der Waals surface area (Å²) < 4.78 is 13.5. The van der Waals surface area contributed by atoms with E-state index in [0.717, 1.165) is 25.1 Å². The Morgan fingerprint density at radius 1 is 0.933 bits per heavy atom. The number of rotatable bonds is 4. The number of imide groups is 1. The van der Waals surface area contributed by atoms with Crippen LogP contribution in [-0.4, -0.2) is 34.7 Å². The second-order valence-corrected chi connectivity index (χ2v) is 8.84. The van der Waals surface area contributed by atoms with E-state index in [1.807, 2.05) is 17.0 Å². The quantitative estimate of drug-likeness (QED) is 0.663. The summed E-state index contributed by atoms with van der Waals surface area (Å²) in [4.78, 5) is 30.2. The highest BCUT2D eigenvalue weighted by atomic mass is 35.5. The summed E-state index contributed by atoms with van der Waals surface area (Å²) in [7, 11) is 0. The average Bonchev–Trinajstić information content (AvgIpc) is 2.94. The molecule has 2 aromatic carbocycles. The Bertz CT molecular complexity index is 991. The number of halogens is 2. The molecule has 2 unspecified atom stereocenters. The molecule has 4 rings (SSSR count). The number of benzene rings is 2. The first-order valence-corrected chi connectivity index (χ1v) is 10.6. The fraction of sp³-hybridized carbons (Fsp3) is 0.333. The number of carbonyl (C=O) groups excluding carboxylic acids is 2. The van der Waals surface area contributed by atoms with E-state index in [2.05, 4.69) is 13.8 Å². The van der Waals surface area contributed by atoms with Gasteiger partial charge in [-0.2, -0.15) is 0 Å². The summed E-state index contributed by atoms with van der Waals surface area (Å²) in [5.74, 6) is -0.179. The van der Waals surface area contributed by atoms with E-state index >= 15 is 0 Å². The summed E-state index contributed by atoms with van der Waals surface area (Å²) in [6, 6.07) is 12.9. The van der Waals surface area contributed by atoms with Crippen LogP contribution in [0.5, 0.6) is 0 Å². The lowest BCUT2D eigenvalue weighted by molar-refractivity contribution is -0.138. The highest BCUT2D eigenvalue weighted by Gasteiger charge is 2.42. The Balaban J connectivity index is 1.74. The van der Waals surface area contributed by atoms with Crippen molar-refractivity contribution >= 4 is 29.0 Å². The minimum Gasteiger partial charge on any atom is -0.366 e. The van der Waals surface area contributed by atoms with Crippen molar-refractivity contribution in [1.29, 1.82) is 0 Å². The van der Waals surface area contributed by atoms with Crippen molar-refractivity contribution in [2.24, 2.45) is 11.8 Å². The monoisotopic (exact) mass is 426 g/mol. The zero-order chi connectivity index (χ0) is 21.4. The molecule has 0 saturated carbocycles. The molecule has 0 bridgehead atoms. The van der Waals surface area contributed by atoms with Crippen LogP contribution >= 0.6 is 11.6 Å². The minimum atomic E-state index is -0.379. The first-order chi connectivity index (χ1) is 14.3. The van der Waals surface area contributed by atoms with Crippen molar-refractivity contribution in [3.8, 4) is 0 Å². The maximum Gasteiger partial charge on any atom is 0.278 e. The van der Waals surface area contributed by atoms with Gasteiger partial charge in [0.15, 0.2) is 0 Å². The van der Waals surface area contributed by atoms with Crippen LogP contribution in [0.3, 0.4) is 0 Å². The maximum absolute atomic E-state index is 13.5. The first-order valence-electron chi connectivity index (χ1n) is 10.2. The number of amides is 2.